The largest absolute Gasteiger partial charge is 0.516 e. The van der Waals surface area contributed by atoms with Crippen LogP contribution in [0.5, 0.6) is 0 Å². The van der Waals surface area contributed by atoms with E-state index in [0.717, 1.165) is 23.6 Å². The molecule has 0 heterocycles. The van der Waals surface area contributed by atoms with Crippen molar-refractivity contribution in [2.75, 3.05) is 14.2 Å². The maximum absolute atomic E-state index is 12.3. The minimum atomic E-state index is -1.89. The second kappa shape index (κ2) is 7.88. The Morgan fingerprint density at radius 3 is 2.33 bits per heavy atom. The van der Waals surface area contributed by atoms with Crippen molar-refractivity contribution in [3.8, 4) is 0 Å². The lowest BCUT2D eigenvalue weighted by atomic mass is 10.0. The Balaban J connectivity index is 2.91. The van der Waals surface area contributed by atoms with E-state index in [1.54, 1.807) is 14.2 Å². The van der Waals surface area contributed by atoms with E-state index in [9.17, 15) is 4.79 Å². The third kappa shape index (κ3) is 6.13. The molecule has 1 rings (SSSR count). The van der Waals surface area contributed by atoms with Gasteiger partial charge in [-0.2, -0.15) is 0 Å². The molecule has 0 N–H and O–H groups in total. The van der Waals surface area contributed by atoms with E-state index in [1.165, 1.54) is 0 Å². The highest BCUT2D eigenvalue weighted by molar-refractivity contribution is 6.71. The van der Waals surface area contributed by atoms with Gasteiger partial charge in [0.1, 0.15) is 0 Å². The highest BCUT2D eigenvalue weighted by Gasteiger charge is 2.23. The molecule has 0 saturated carbocycles. The first-order chi connectivity index (χ1) is 9.76. The number of aryl methyl sites for hydroxylation is 2. The van der Waals surface area contributed by atoms with Gasteiger partial charge < -0.3 is 13.3 Å². The zero-order valence-electron chi connectivity index (χ0n) is 13.8. The van der Waals surface area contributed by atoms with E-state index in [2.05, 4.69) is 0 Å². The van der Waals surface area contributed by atoms with Crippen molar-refractivity contribution in [1.82, 2.24) is 0 Å². The van der Waals surface area contributed by atoms with Gasteiger partial charge in [-0.3, -0.25) is 0 Å². The fraction of sp³-hybridized carbons (Fsp3) is 0.533. The Morgan fingerprint density at radius 2 is 1.81 bits per heavy atom. The summed E-state index contributed by atoms with van der Waals surface area (Å²) in [6.07, 6.45) is 0.758. The van der Waals surface area contributed by atoms with E-state index >= 15 is 0 Å². The lowest BCUT2D eigenvalue weighted by Gasteiger charge is -2.19. The number of hydrogen-bond donors (Lipinski definition) is 0. The van der Waals surface area contributed by atoms with Crippen LogP contribution in [0, 0.1) is 6.92 Å². The molecule has 0 aromatic heterocycles. The van der Waals surface area contributed by atoms with Crippen LogP contribution in [0.3, 0.4) is 0 Å². The van der Waals surface area contributed by atoms with Crippen LogP contribution in [-0.4, -0.2) is 37.8 Å². The number of carbonyl (C=O) groups is 1. The van der Waals surface area contributed by atoms with Crippen LogP contribution in [0.25, 0.3) is 0 Å². The summed E-state index contributed by atoms with van der Waals surface area (Å²) in [7, 11) is 0.178. The maximum atomic E-state index is 12.3. The normalized spacial score (nSPS) is 11.8. The SMILES string of the molecule is CO[Si](CCc1cc(C)ccc1C(=O)O[Si](C)(C)C)OC. The van der Waals surface area contributed by atoms with Crippen LogP contribution in [0.15, 0.2) is 18.2 Å². The van der Waals surface area contributed by atoms with Gasteiger partial charge in [-0.15, -0.1) is 0 Å². The second-order valence-electron chi connectivity index (χ2n) is 5.94. The highest BCUT2D eigenvalue weighted by atomic mass is 28.4. The summed E-state index contributed by atoms with van der Waals surface area (Å²) >= 11 is 0. The Hall–Kier alpha value is -0.956. The van der Waals surface area contributed by atoms with Crippen LogP contribution in [0.4, 0.5) is 0 Å². The van der Waals surface area contributed by atoms with Gasteiger partial charge in [-0.25, -0.2) is 4.79 Å². The van der Waals surface area contributed by atoms with E-state index in [0.29, 0.717) is 5.56 Å². The van der Waals surface area contributed by atoms with Crippen molar-refractivity contribution in [1.29, 1.82) is 0 Å². The van der Waals surface area contributed by atoms with Gasteiger partial charge in [-0.1, -0.05) is 17.7 Å². The quantitative estimate of drug-likeness (QED) is 0.722. The highest BCUT2D eigenvalue weighted by Crippen LogP contribution is 2.18. The predicted molar refractivity (Wildman–Crippen MR) is 88.2 cm³/mol. The maximum Gasteiger partial charge on any atom is 0.384 e. The Morgan fingerprint density at radius 1 is 1.19 bits per heavy atom. The van der Waals surface area contributed by atoms with E-state index in [1.807, 2.05) is 44.8 Å². The Bertz CT molecular complexity index is 479. The van der Waals surface area contributed by atoms with Crippen molar-refractivity contribution < 1.29 is 18.1 Å². The second-order valence-corrected chi connectivity index (χ2v) is 12.4. The first kappa shape index (κ1) is 18.1. The molecule has 0 amide bonds. The van der Waals surface area contributed by atoms with Crippen molar-refractivity contribution in [2.45, 2.75) is 39.0 Å². The smallest absolute Gasteiger partial charge is 0.384 e. The van der Waals surface area contributed by atoms with E-state index in [-0.39, 0.29) is 5.97 Å². The van der Waals surface area contributed by atoms with Crippen LogP contribution in [-0.2, 0) is 19.7 Å². The van der Waals surface area contributed by atoms with Gasteiger partial charge in [0, 0.05) is 14.2 Å². The van der Waals surface area contributed by atoms with Crippen LogP contribution in [0.1, 0.15) is 21.5 Å². The summed E-state index contributed by atoms with van der Waals surface area (Å²) in [6.45, 7) is 8.05. The predicted octanol–water partition coefficient (Wildman–Crippen LogP) is 3.31. The first-order valence-electron chi connectivity index (χ1n) is 7.03. The van der Waals surface area contributed by atoms with Crippen molar-refractivity contribution in [2.24, 2.45) is 0 Å². The molecule has 4 nitrogen and oxygen atoms in total. The molecule has 0 aliphatic rings. The molecule has 6 heteroatoms. The van der Waals surface area contributed by atoms with Crippen molar-refractivity contribution >= 4 is 23.6 Å². The van der Waals surface area contributed by atoms with E-state index < -0.39 is 17.6 Å². The lowest BCUT2D eigenvalue weighted by molar-refractivity contribution is 0.0723. The molecule has 0 spiro atoms. The third-order valence-electron chi connectivity index (χ3n) is 2.93. The monoisotopic (exact) mass is 325 g/mol. The molecule has 21 heavy (non-hydrogen) atoms. The zero-order valence-corrected chi connectivity index (χ0v) is 15.8. The molecule has 0 saturated heterocycles. The molecule has 0 atom stereocenters. The zero-order chi connectivity index (χ0) is 16.0. The summed E-state index contributed by atoms with van der Waals surface area (Å²) in [4.78, 5) is 12.3. The molecule has 0 aliphatic carbocycles. The van der Waals surface area contributed by atoms with Crippen LogP contribution in [0.2, 0.25) is 25.7 Å². The minimum Gasteiger partial charge on any atom is -0.516 e. The molecular weight excluding hydrogens is 300 g/mol. The summed E-state index contributed by atoms with van der Waals surface area (Å²) in [5.41, 5.74) is 2.81. The fourth-order valence-electron chi connectivity index (χ4n) is 1.99. The van der Waals surface area contributed by atoms with Crippen LogP contribution >= 0.6 is 0 Å². The fourth-order valence-corrected chi connectivity index (χ4v) is 3.70. The molecule has 0 fully saturated rings. The topological polar surface area (TPSA) is 44.8 Å². The van der Waals surface area contributed by atoms with Crippen LogP contribution < -0.4 is 0 Å². The number of hydrogen-bond acceptors (Lipinski definition) is 4. The number of rotatable bonds is 7. The Labute approximate surface area is 130 Å². The molecule has 1 radical (unpaired) electrons. The molecule has 117 valence electrons. The molecule has 0 bridgehead atoms. The average Bonchev–Trinajstić information content (AvgIpc) is 2.37. The molecule has 0 unspecified atom stereocenters. The minimum absolute atomic E-state index is 0.215. The molecular formula is C15H25O4Si2. The third-order valence-corrected chi connectivity index (χ3v) is 5.30. The standard InChI is InChI=1S/C15H25O4Si2/c1-12-7-8-14(15(16)19-21(4,5)6)13(11-12)9-10-20(17-2)18-3/h7-8,11H,9-10H2,1-6H3. The average molecular weight is 326 g/mol. The van der Waals surface area contributed by atoms with Crippen molar-refractivity contribution in [3.05, 3.63) is 34.9 Å². The van der Waals surface area contributed by atoms with Crippen molar-refractivity contribution in [3.63, 3.8) is 0 Å². The first-order valence-corrected chi connectivity index (χ1v) is 12.0. The lowest BCUT2D eigenvalue weighted by Crippen LogP contribution is -2.29. The Kier molecular flexibility index (Phi) is 6.79. The van der Waals surface area contributed by atoms with Gasteiger partial charge >= 0.3 is 15.3 Å². The summed E-state index contributed by atoms with van der Waals surface area (Å²) in [5.74, 6) is -0.215. The molecule has 0 aliphatic heterocycles. The summed E-state index contributed by atoms with van der Waals surface area (Å²) < 4.78 is 16.2. The molecule has 1 aromatic carbocycles. The number of benzene rings is 1. The van der Waals surface area contributed by atoms with E-state index in [4.69, 9.17) is 13.3 Å². The summed E-state index contributed by atoms with van der Waals surface area (Å²) in [5, 5.41) is 0. The number of carbonyl (C=O) groups excluding carboxylic acids is 1. The van der Waals surface area contributed by atoms with Gasteiger partial charge in [-0.05, 0) is 50.7 Å². The molecule has 1 aromatic rings. The van der Waals surface area contributed by atoms with Gasteiger partial charge in [0.2, 0.25) is 8.32 Å². The van der Waals surface area contributed by atoms with Gasteiger partial charge in [0.15, 0.2) is 0 Å². The van der Waals surface area contributed by atoms with Gasteiger partial charge in [0.25, 0.3) is 0 Å². The summed E-state index contributed by atoms with van der Waals surface area (Å²) in [6, 6.07) is 6.65. The van der Waals surface area contributed by atoms with Gasteiger partial charge in [0.05, 0.1) is 5.56 Å².